The molecule has 0 atom stereocenters. The molecule has 0 unspecified atom stereocenters. The Morgan fingerprint density at radius 1 is 1.13 bits per heavy atom. The third-order valence-electron chi connectivity index (χ3n) is 4.60. The number of hydrogen-bond acceptors (Lipinski definition) is 5. The summed E-state index contributed by atoms with van der Waals surface area (Å²) in [6.07, 6.45) is 2.85. The SMILES string of the molecule is CC(C)NS(=O)(=O)c1ccc(-c2c(C#N)c3cc(F)ccc3n2-c2ccccn2)nc1. The summed E-state index contributed by atoms with van der Waals surface area (Å²) in [5, 5.41) is 10.3. The first kappa shape index (κ1) is 20.7. The molecule has 0 aliphatic heterocycles. The smallest absolute Gasteiger partial charge is 0.242 e. The Labute approximate surface area is 178 Å². The summed E-state index contributed by atoms with van der Waals surface area (Å²) >= 11 is 0. The summed E-state index contributed by atoms with van der Waals surface area (Å²) in [4.78, 5) is 8.70. The van der Waals surface area contributed by atoms with Crippen LogP contribution >= 0.6 is 0 Å². The highest BCUT2D eigenvalue weighted by molar-refractivity contribution is 7.89. The maximum absolute atomic E-state index is 14.0. The van der Waals surface area contributed by atoms with Gasteiger partial charge in [-0.2, -0.15) is 5.26 Å². The van der Waals surface area contributed by atoms with Gasteiger partial charge in [0, 0.05) is 23.8 Å². The maximum atomic E-state index is 14.0. The lowest BCUT2D eigenvalue weighted by atomic mass is 10.1. The number of benzene rings is 1. The number of aromatic nitrogens is 3. The minimum absolute atomic E-state index is 0.00926. The number of halogens is 1. The molecule has 9 heteroatoms. The monoisotopic (exact) mass is 435 g/mol. The van der Waals surface area contributed by atoms with Crippen molar-refractivity contribution >= 4 is 20.9 Å². The molecule has 0 aliphatic rings. The molecule has 1 aromatic carbocycles. The van der Waals surface area contributed by atoms with Gasteiger partial charge in [-0.25, -0.2) is 22.5 Å². The second-order valence-corrected chi connectivity index (χ2v) is 8.89. The number of rotatable bonds is 5. The van der Waals surface area contributed by atoms with Crippen LogP contribution in [0.3, 0.4) is 0 Å². The Morgan fingerprint density at radius 2 is 1.94 bits per heavy atom. The van der Waals surface area contributed by atoms with E-state index in [1.807, 2.05) is 0 Å². The molecule has 0 spiro atoms. The second kappa shape index (κ2) is 7.91. The van der Waals surface area contributed by atoms with E-state index in [4.69, 9.17) is 0 Å². The lowest BCUT2D eigenvalue weighted by Gasteiger charge is -2.12. The fourth-order valence-electron chi connectivity index (χ4n) is 3.40. The fraction of sp³-hybridized carbons (Fsp3) is 0.136. The third-order valence-corrected chi connectivity index (χ3v) is 6.24. The zero-order chi connectivity index (χ0) is 22.2. The van der Waals surface area contributed by atoms with Gasteiger partial charge in [0.2, 0.25) is 10.0 Å². The van der Waals surface area contributed by atoms with Crippen molar-refractivity contribution in [2.24, 2.45) is 0 Å². The first-order valence-corrected chi connectivity index (χ1v) is 10.9. The molecule has 1 N–H and O–H groups in total. The van der Waals surface area contributed by atoms with Crippen LogP contribution in [-0.4, -0.2) is 29.0 Å². The molecule has 0 amide bonds. The van der Waals surface area contributed by atoms with Gasteiger partial charge in [0.25, 0.3) is 0 Å². The first-order chi connectivity index (χ1) is 14.8. The maximum Gasteiger partial charge on any atom is 0.242 e. The lowest BCUT2D eigenvalue weighted by Crippen LogP contribution is -2.30. The number of nitrogens with one attached hydrogen (secondary N) is 1. The molecule has 4 aromatic rings. The van der Waals surface area contributed by atoms with Gasteiger partial charge >= 0.3 is 0 Å². The summed E-state index contributed by atoms with van der Waals surface area (Å²) in [6, 6.07) is 14.3. The topological polar surface area (TPSA) is 101 Å². The van der Waals surface area contributed by atoms with Crippen LogP contribution < -0.4 is 4.72 Å². The van der Waals surface area contributed by atoms with Crippen molar-refractivity contribution in [2.45, 2.75) is 24.8 Å². The van der Waals surface area contributed by atoms with Crippen molar-refractivity contribution in [3.63, 3.8) is 0 Å². The zero-order valence-corrected chi connectivity index (χ0v) is 17.6. The standard InChI is InChI=1S/C22H18FN5O2S/c1-14(2)27-31(29,30)16-7-8-19(26-13-16)22-18(12-24)17-11-15(23)6-9-20(17)28(22)21-5-3-4-10-25-21/h3-11,13-14,27H,1-2H3. The van der Waals surface area contributed by atoms with E-state index in [2.05, 4.69) is 20.8 Å². The normalized spacial score (nSPS) is 11.7. The predicted molar refractivity (Wildman–Crippen MR) is 114 cm³/mol. The van der Waals surface area contributed by atoms with Crippen LogP contribution in [0.15, 0.2) is 65.8 Å². The van der Waals surface area contributed by atoms with E-state index in [1.54, 1.807) is 48.9 Å². The fourth-order valence-corrected chi connectivity index (χ4v) is 4.60. The van der Waals surface area contributed by atoms with Gasteiger partial charge in [-0.05, 0) is 56.3 Å². The molecule has 0 fully saturated rings. The number of nitriles is 1. The molecule has 7 nitrogen and oxygen atoms in total. The predicted octanol–water partition coefficient (Wildman–Crippen LogP) is 3.78. The van der Waals surface area contributed by atoms with Gasteiger partial charge in [-0.1, -0.05) is 6.07 Å². The molecule has 4 rings (SSSR count). The van der Waals surface area contributed by atoms with Crippen molar-refractivity contribution in [3.05, 3.63) is 72.3 Å². The van der Waals surface area contributed by atoms with Gasteiger partial charge in [0.1, 0.15) is 22.6 Å². The molecule has 0 aliphatic carbocycles. The Balaban J connectivity index is 1.97. The van der Waals surface area contributed by atoms with Gasteiger partial charge in [0.15, 0.2) is 0 Å². The summed E-state index contributed by atoms with van der Waals surface area (Å²) < 4.78 is 43.0. The molecular formula is C22H18FN5O2S. The molecule has 0 bridgehead atoms. The molecule has 0 radical (unpaired) electrons. The average Bonchev–Trinajstić information content (AvgIpc) is 3.07. The Morgan fingerprint density at radius 3 is 2.55 bits per heavy atom. The Bertz CT molecular complexity index is 1410. The van der Waals surface area contributed by atoms with Crippen LogP contribution in [0.1, 0.15) is 19.4 Å². The van der Waals surface area contributed by atoms with E-state index in [1.165, 1.54) is 30.5 Å². The largest absolute Gasteiger partial charge is 0.291 e. The minimum Gasteiger partial charge on any atom is -0.291 e. The van der Waals surface area contributed by atoms with E-state index < -0.39 is 15.8 Å². The van der Waals surface area contributed by atoms with E-state index in [9.17, 15) is 18.1 Å². The van der Waals surface area contributed by atoms with Crippen LogP contribution in [0.5, 0.6) is 0 Å². The van der Waals surface area contributed by atoms with Crippen molar-refractivity contribution in [1.82, 2.24) is 19.3 Å². The van der Waals surface area contributed by atoms with Gasteiger partial charge in [0.05, 0.1) is 22.5 Å². The van der Waals surface area contributed by atoms with Gasteiger partial charge in [-0.3, -0.25) is 9.55 Å². The van der Waals surface area contributed by atoms with E-state index in [-0.39, 0.29) is 16.5 Å². The van der Waals surface area contributed by atoms with Crippen LogP contribution in [0.4, 0.5) is 4.39 Å². The highest BCUT2D eigenvalue weighted by Gasteiger charge is 2.23. The van der Waals surface area contributed by atoms with Crippen molar-refractivity contribution < 1.29 is 12.8 Å². The number of sulfonamides is 1. The number of nitrogens with zero attached hydrogens (tertiary/aromatic N) is 4. The number of fused-ring (bicyclic) bond motifs is 1. The Hall–Kier alpha value is -3.61. The third kappa shape index (κ3) is 3.79. The Kier molecular flexibility index (Phi) is 5.27. The molecule has 3 heterocycles. The lowest BCUT2D eigenvalue weighted by molar-refractivity contribution is 0.569. The summed E-state index contributed by atoms with van der Waals surface area (Å²) in [7, 11) is -3.71. The molecule has 0 saturated carbocycles. The molecule has 3 aromatic heterocycles. The van der Waals surface area contributed by atoms with Gasteiger partial charge in [-0.15, -0.1) is 0 Å². The molecule has 156 valence electrons. The first-order valence-electron chi connectivity index (χ1n) is 9.46. The number of hydrogen-bond donors (Lipinski definition) is 1. The molecule has 31 heavy (non-hydrogen) atoms. The summed E-state index contributed by atoms with van der Waals surface area (Å²) in [6.45, 7) is 3.45. The van der Waals surface area contributed by atoms with Crippen LogP contribution in [0.2, 0.25) is 0 Å². The van der Waals surface area contributed by atoms with E-state index in [0.717, 1.165) is 0 Å². The molecular weight excluding hydrogens is 417 g/mol. The van der Waals surface area contributed by atoms with Crippen LogP contribution in [-0.2, 0) is 10.0 Å². The minimum atomic E-state index is -3.71. The number of pyridine rings is 2. The second-order valence-electron chi connectivity index (χ2n) is 7.18. The molecule has 0 saturated heterocycles. The van der Waals surface area contributed by atoms with Crippen molar-refractivity contribution in [3.8, 4) is 23.3 Å². The van der Waals surface area contributed by atoms with Crippen LogP contribution in [0, 0.1) is 17.1 Å². The van der Waals surface area contributed by atoms with E-state index >= 15 is 0 Å². The average molecular weight is 435 g/mol. The van der Waals surface area contributed by atoms with Crippen molar-refractivity contribution in [1.29, 1.82) is 5.26 Å². The quantitative estimate of drug-likeness (QED) is 0.514. The summed E-state index contributed by atoms with van der Waals surface area (Å²) in [5.74, 6) is 0.0541. The van der Waals surface area contributed by atoms with Gasteiger partial charge < -0.3 is 0 Å². The van der Waals surface area contributed by atoms with Crippen LogP contribution in [0.25, 0.3) is 28.1 Å². The summed E-state index contributed by atoms with van der Waals surface area (Å²) in [5.41, 5.74) is 1.58. The van der Waals surface area contributed by atoms with Crippen molar-refractivity contribution in [2.75, 3.05) is 0 Å². The van der Waals surface area contributed by atoms with E-state index in [0.29, 0.717) is 28.1 Å². The highest BCUT2D eigenvalue weighted by atomic mass is 32.2. The highest BCUT2D eigenvalue weighted by Crippen LogP contribution is 2.35. The zero-order valence-electron chi connectivity index (χ0n) is 16.7.